The van der Waals surface area contributed by atoms with Gasteiger partial charge in [0.25, 0.3) is 0 Å². The maximum absolute atomic E-state index is 12.9. The van der Waals surface area contributed by atoms with Gasteiger partial charge in [-0.15, -0.1) is 10.2 Å². The van der Waals surface area contributed by atoms with Crippen molar-refractivity contribution in [2.75, 3.05) is 11.1 Å². The summed E-state index contributed by atoms with van der Waals surface area (Å²) in [5.41, 5.74) is -0.316. The van der Waals surface area contributed by atoms with E-state index in [0.29, 0.717) is 33.1 Å². The Morgan fingerprint density at radius 2 is 1.77 bits per heavy atom. The number of rotatable bonds is 6. The van der Waals surface area contributed by atoms with Gasteiger partial charge in [-0.05, 0) is 43.3 Å². The third-order valence-corrected chi connectivity index (χ3v) is 6.15. The predicted molar refractivity (Wildman–Crippen MR) is 117 cm³/mol. The summed E-state index contributed by atoms with van der Waals surface area (Å²) in [5, 5.41) is 11.9. The molecule has 12 heteroatoms. The second-order valence-corrected chi connectivity index (χ2v) is 8.37. The first-order valence-electron chi connectivity index (χ1n) is 8.78. The lowest BCUT2D eigenvalue weighted by atomic mass is 10.2. The second kappa shape index (κ2) is 9.68. The fraction of sp³-hybridized carbons (Fsp3) is 0.211. The van der Waals surface area contributed by atoms with Crippen LogP contribution in [0.15, 0.2) is 41.6 Å². The van der Waals surface area contributed by atoms with Crippen LogP contribution >= 0.6 is 46.6 Å². The van der Waals surface area contributed by atoms with Crippen molar-refractivity contribution in [3.8, 4) is 11.4 Å². The Morgan fingerprint density at radius 3 is 2.42 bits per heavy atom. The van der Waals surface area contributed by atoms with Crippen LogP contribution < -0.4 is 5.32 Å². The van der Waals surface area contributed by atoms with E-state index in [1.165, 1.54) is 0 Å². The number of aromatic nitrogens is 3. The predicted octanol–water partition coefficient (Wildman–Crippen LogP) is 6.67. The first-order valence-corrected chi connectivity index (χ1v) is 10.9. The Labute approximate surface area is 194 Å². The van der Waals surface area contributed by atoms with Crippen LogP contribution in [0, 0.1) is 0 Å². The van der Waals surface area contributed by atoms with E-state index in [1.807, 2.05) is 6.92 Å². The van der Waals surface area contributed by atoms with Crippen LogP contribution in [-0.4, -0.2) is 26.4 Å². The molecule has 2 aromatic carbocycles. The van der Waals surface area contributed by atoms with Crippen LogP contribution in [0.4, 0.5) is 18.9 Å². The van der Waals surface area contributed by atoms with E-state index >= 15 is 0 Å². The number of anilines is 1. The van der Waals surface area contributed by atoms with Crippen LogP contribution in [0.1, 0.15) is 12.5 Å². The fourth-order valence-electron chi connectivity index (χ4n) is 2.64. The van der Waals surface area contributed by atoms with Crippen molar-refractivity contribution in [2.45, 2.75) is 24.8 Å². The van der Waals surface area contributed by atoms with Crippen LogP contribution in [0.5, 0.6) is 0 Å². The smallest absolute Gasteiger partial charge is 0.324 e. The third kappa shape index (κ3) is 5.65. The normalized spacial score (nSPS) is 11.6. The number of halogens is 6. The van der Waals surface area contributed by atoms with E-state index < -0.39 is 17.6 Å². The van der Waals surface area contributed by atoms with E-state index in [4.69, 9.17) is 34.8 Å². The number of alkyl halides is 3. The second-order valence-electron chi connectivity index (χ2n) is 6.21. The number of amides is 1. The molecule has 0 unspecified atom stereocenters. The van der Waals surface area contributed by atoms with E-state index in [1.54, 1.807) is 22.8 Å². The Morgan fingerprint density at radius 1 is 1.06 bits per heavy atom. The number of nitrogens with zero attached hydrogens (tertiary/aromatic N) is 3. The van der Waals surface area contributed by atoms with Gasteiger partial charge < -0.3 is 9.88 Å². The number of hydrogen-bond donors (Lipinski definition) is 1. The van der Waals surface area contributed by atoms with Crippen LogP contribution in [-0.2, 0) is 17.5 Å². The summed E-state index contributed by atoms with van der Waals surface area (Å²) in [6.07, 6.45) is -4.54. The van der Waals surface area contributed by atoms with Crippen molar-refractivity contribution in [1.29, 1.82) is 0 Å². The molecule has 0 saturated carbocycles. The fourth-order valence-corrected chi connectivity index (χ4v) is 3.91. The molecular formula is C19H14Cl3F3N4OS. The summed E-state index contributed by atoms with van der Waals surface area (Å²) in [6, 6.07) is 7.79. The highest BCUT2D eigenvalue weighted by molar-refractivity contribution is 7.99. The van der Waals surface area contributed by atoms with Gasteiger partial charge in [0.1, 0.15) is 0 Å². The molecule has 31 heavy (non-hydrogen) atoms. The largest absolute Gasteiger partial charge is 0.416 e. The first-order chi connectivity index (χ1) is 14.6. The van der Waals surface area contributed by atoms with Gasteiger partial charge in [-0.1, -0.05) is 46.6 Å². The average molecular weight is 510 g/mol. The maximum atomic E-state index is 12.9. The van der Waals surface area contributed by atoms with Crippen molar-refractivity contribution >= 4 is 58.2 Å². The summed E-state index contributed by atoms with van der Waals surface area (Å²) in [7, 11) is 0. The molecule has 164 valence electrons. The monoisotopic (exact) mass is 508 g/mol. The van der Waals surface area contributed by atoms with E-state index in [0.717, 1.165) is 30.0 Å². The Hall–Kier alpha value is -1.94. The van der Waals surface area contributed by atoms with Crippen LogP contribution in [0.3, 0.4) is 0 Å². The Bertz CT molecular complexity index is 1120. The minimum atomic E-state index is -4.54. The number of carbonyl (C=O) groups is 1. The standard InChI is InChI=1S/C19H14Cl3F3N4OS/c1-2-29-17(10-3-5-12(20)14(22)7-10)27-28-18(29)31-9-16(30)26-15-8-11(19(23,24)25)4-6-13(15)21/h3-8H,2,9H2,1H3,(H,26,30). The molecule has 5 nitrogen and oxygen atoms in total. The van der Waals surface area contributed by atoms with Gasteiger partial charge >= 0.3 is 6.18 Å². The molecule has 0 fully saturated rings. The van der Waals surface area contributed by atoms with Crippen molar-refractivity contribution in [2.24, 2.45) is 0 Å². The molecule has 0 bridgehead atoms. The van der Waals surface area contributed by atoms with Gasteiger partial charge in [0.2, 0.25) is 5.91 Å². The average Bonchev–Trinajstić information content (AvgIpc) is 3.12. The summed E-state index contributed by atoms with van der Waals surface area (Å²) in [4.78, 5) is 12.3. The highest BCUT2D eigenvalue weighted by Crippen LogP contribution is 2.34. The molecule has 0 aliphatic rings. The number of carbonyl (C=O) groups excluding carboxylic acids is 1. The minimum Gasteiger partial charge on any atom is -0.324 e. The molecule has 0 aliphatic heterocycles. The van der Waals surface area contributed by atoms with Crippen molar-refractivity contribution in [1.82, 2.24) is 14.8 Å². The summed E-state index contributed by atoms with van der Waals surface area (Å²) in [5.74, 6) is -0.0932. The van der Waals surface area contributed by atoms with E-state index in [2.05, 4.69) is 15.5 Å². The molecule has 0 saturated heterocycles. The Kier molecular flexibility index (Phi) is 7.41. The summed E-state index contributed by atoms with van der Waals surface area (Å²) in [6.45, 7) is 2.41. The lowest BCUT2D eigenvalue weighted by Crippen LogP contribution is -2.16. The third-order valence-electron chi connectivity index (χ3n) is 4.11. The zero-order chi connectivity index (χ0) is 22.8. The molecule has 0 atom stereocenters. The molecular weight excluding hydrogens is 496 g/mol. The molecule has 3 rings (SSSR count). The quantitative estimate of drug-likeness (QED) is 0.377. The van der Waals surface area contributed by atoms with Crippen molar-refractivity contribution in [3.63, 3.8) is 0 Å². The highest BCUT2D eigenvalue weighted by Gasteiger charge is 2.31. The van der Waals surface area contributed by atoms with E-state index in [-0.39, 0.29) is 16.5 Å². The van der Waals surface area contributed by atoms with Gasteiger partial charge in [-0.2, -0.15) is 13.2 Å². The number of hydrogen-bond acceptors (Lipinski definition) is 4. The topological polar surface area (TPSA) is 59.8 Å². The zero-order valence-electron chi connectivity index (χ0n) is 15.8. The van der Waals surface area contributed by atoms with Crippen molar-refractivity contribution in [3.05, 3.63) is 57.0 Å². The van der Waals surface area contributed by atoms with Crippen molar-refractivity contribution < 1.29 is 18.0 Å². The van der Waals surface area contributed by atoms with Gasteiger partial charge in [0, 0.05) is 12.1 Å². The van der Waals surface area contributed by atoms with E-state index in [9.17, 15) is 18.0 Å². The lowest BCUT2D eigenvalue weighted by Gasteiger charge is -2.12. The molecule has 0 spiro atoms. The van der Waals surface area contributed by atoms with Gasteiger partial charge in [-0.25, -0.2) is 0 Å². The summed E-state index contributed by atoms with van der Waals surface area (Å²) < 4.78 is 40.4. The SMILES string of the molecule is CCn1c(SCC(=O)Nc2cc(C(F)(F)F)ccc2Cl)nnc1-c1ccc(Cl)c(Cl)c1. The Balaban J connectivity index is 1.73. The van der Waals surface area contributed by atoms with Crippen LogP contribution in [0.2, 0.25) is 15.1 Å². The molecule has 1 aromatic heterocycles. The highest BCUT2D eigenvalue weighted by atomic mass is 35.5. The molecule has 1 amide bonds. The molecule has 1 heterocycles. The number of thioether (sulfide) groups is 1. The van der Waals surface area contributed by atoms with Gasteiger partial charge in [0.15, 0.2) is 11.0 Å². The van der Waals surface area contributed by atoms with Gasteiger partial charge in [-0.3, -0.25) is 4.79 Å². The molecule has 0 radical (unpaired) electrons. The molecule has 0 aliphatic carbocycles. The number of nitrogens with one attached hydrogen (secondary N) is 1. The number of benzene rings is 2. The molecule has 3 aromatic rings. The zero-order valence-corrected chi connectivity index (χ0v) is 18.9. The summed E-state index contributed by atoms with van der Waals surface area (Å²) >= 11 is 19.0. The maximum Gasteiger partial charge on any atom is 0.416 e. The molecule has 1 N–H and O–H groups in total. The minimum absolute atomic E-state index is 0.00461. The first kappa shape index (κ1) is 23.7. The van der Waals surface area contributed by atoms with Crippen LogP contribution in [0.25, 0.3) is 11.4 Å². The van der Waals surface area contributed by atoms with Gasteiger partial charge in [0.05, 0.1) is 32.1 Å². The lowest BCUT2D eigenvalue weighted by molar-refractivity contribution is -0.137.